The van der Waals surface area contributed by atoms with Crippen LogP contribution < -0.4 is 24.4 Å². The lowest BCUT2D eigenvalue weighted by atomic mass is 10.1. The van der Waals surface area contributed by atoms with Crippen molar-refractivity contribution in [1.82, 2.24) is 14.7 Å². The fraction of sp³-hybridized carbons (Fsp3) is 0.161. The van der Waals surface area contributed by atoms with Crippen molar-refractivity contribution in [2.24, 2.45) is 0 Å². The zero-order valence-electron chi connectivity index (χ0n) is 24.4. The number of aromatic nitrogens is 2. The van der Waals surface area contributed by atoms with Gasteiger partial charge < -0.3 is 24.7 Å². The molecule has 0 saturated heterocycles. The molecule has 3 aromatic carbocycles. The number of amides is 1. The lowest BCUT2D eigenvalue weighted by Gasteiger charge is -2.25. The number of nitro groups is 1. The van der Waals surface area contributed by atoms with Gasteiger partial charge in [0.1, 0.15) is 22.8 Å². The number of halogens is 2. The van der Waals surface area contributed by atoms with Crippen molar-refractivity contribution in [2.75, 3.05) is 23.4 Å². The van der Waals surface area contributed by atoms with E-state index in [1.807, 2.05) is 21.8 Å². The van der Waals surface area contributed by atoms with Crippen LogP contribution in [-0.4, -0.2) is 49.0 Å². The lowest BCUT2D eigenvalue weighted by Crippen LogP contribution is -2.32. The molecule has 6 rings (SSSR count). The lowest BCUT2D eigenvalue weighted by molar-refractivity contribution is -0.384. The number of nitro benzene ring substituents is 1. The molecule has 0 bridgehead atoms. The maximum atomic E-state index is 13.5. The average molecular weight is 665 g/mol. The number of aromatic amines is 1. The summed E-state index contributed by atoms with van der Waals surface area (Å²) in [5.74, 6) is -0.624. The summed E-state index contributed by atoms with van der Waals surface area (Å²) < 4.78 is 63.7. The van der Waals surface area contributed by atoms with Crippen LogP contribution in [0, 0.1) is 10.1 Å². The van der Waals surface area contributed by atoms with Gasteiger partial charge in [0, 0.05) is 30.7 Å². The number of alkyl halides is 2. The average Bonchev–Trinajstić information content (AvgIpc) is 3.41. The second-order valence-corrected chi connectivity index (χ2v) is 12.0. The van der Waals surface area contributed by atoms with Crippen LogP contribution in [0.5, 0.6) is 11.6 Å². The fourth-order valence-electron chi connectivity index (χ4n) is 5.12. The van der Waals surface area contributed by atoms with Crippen LogP contribution in [0.15, 0.2) is 90.0 Å². The van der Waals surface area contributed by atoms with E-state index in [1.165, 1.54) is 36.4 Å². The molecule has 0 radical (unpaired) electrons. The molecule has 5 aromatic rings. The smallest absolute Gasteiger partial charge is 0.387 e. The van der Waals surface area contributed by atoms with Crippen LogP contribution in [0.1, 0.15) is 22.3 Å². The molecular weight excluding hydrogens is 638 g/mol. The highest BCUT2D eigenvalue weighted by atomic mass is 32.2. The number of carbonyl (C=O) groups is 1. The van der Waals surface area contributed by atoms with E-state index in [9.17, 15) is 32.1 Å². The summed E-state index contributed by atoms with van der Waals surface area (Å²) in [6, 6.07) is 19.0. The fourth-order valence-corrected chi connectivity index (χ4v) is 6.10. The van der Waals surface area contributed by atoms with Gasteiger partial charge in [0.25, 0.3) is 21.6 Å². The molecule has 0 fully saturated rings. The van der Waals surface area contributed by atoms with Crippen molar-refractivity contribution in [3.8, 4) is 11.6 Å². The second kappa shape index (κ2) is 12.9. The maximum Gasteiger partial charge on any atom is 0.387 e. The topological polar surface area (TPSA) is 169 Å². The van der Waals surface area contributed by atoms with Gasteiger partial charge in [-0.25, -0.2) is 13.1 Å². The first-order valence-electron chi connectivity index (χ1n) is 14.2. The standard InChI is InChI=1S/C31H26F2N6O7S/c32-31(33)46-21-8-6-19(7-9-21)18-35-24-11-10-22(17-26(24)39(41)42)47(43,44)37-29(40)23-4-1-2-5-25(23)38-14-3-15-45-30-27(38)16-20-12-13-34-28(20)36-30/h1-2,4-13,16-17,31,35H,3,14-15,18H2,(H,34,36)(H,37,40). The maximum absolute atomic E-state index is 13.5. The highest BCUT2D eigenvalue weighted by Crippen LogP contribution is 2.38. The Hall–Kier alpha value is -5.77. The van der Waals surface area contributed by atoms with Crippen LogP contribution in [0.3, 0.4) is 0 Å². The van der Waals surface area contributed by atoms with Crippen molar-refractivity contribution in [2.45, 2.75) is 24.5 Å². The molecular formula is C31H26F2N6O7S. The third-order valence-corrected chi connectivity index (χ3v) is 8.64. The van der Waals surface area contributed by atoms with Gasteiger partial charge in [-0.1, -0.05) is 24.3 Å². The number of hydrogen-bond acceptors (Lipinski definition) is 10. The van der Waals surface area contributed by atoms with E-state index in [4.69, 9.17) is 4.74 Å². The largest absolute Gasteiger partial charge is 0.476 e. The number of nitrogens with one attached hydrogen (secondary N) is 3. The van der Waals surface area contributed by atoms with E-state index in [2.05, 4.69) is 20.0 Å². The van der Waals surface area contributed by atoms with Crippen molar-refractivity contribution < 1.29 is 36.4 Å². The Labute approximate surface area is 266 Å². The van der Waals surface area contributed by atoms with E-state index in [-0.39, 0.29) is 23.5 Å². The Bertz CT molecular complexity index is 2070. The van der Waals surface area contributed by atoms with Gasteiger partial charge in [0.15, 0.2) is 0 Å². The van der Waals surface area contributed by atoms with Gasteiger partial charge in [-0.2, -0.15) is 13.8 Å². The molecule has 47 heavy (non-hydrogen) atoms. The molecule has 1 amide bonds. The van der Waals surface area contributed by atoms with E-state index in [1.54, 1.807) is 24.4 Å². The Morgan fingerprint density at radius 1 is 1.09 bits per heavy atom. The predicted molar refractivity (Wildman–Crippen MR) is 168 cm³/mol. The number of benzene rings is 3. The highest BCUT2D eigenvalue weighted by molar-refractivity contribution is 7.90. The van der Waals surface area contributed by atoms with E-state index in [0.29, 0.717) is 48.0 Å². The number of hydrogen-bond donors (Lipinski definition) is 3. The number of anilines is 3. The monoisotopic (exact) mass is 664 g/mol. The number of para-hydroxylation sites is 1. The number of nitrogens with zero attached hydrogens (tertiary/aromatic N) is 3. The quantitative estimate of drug-likeness (QED) is 0.124. The SMILES string of the molecule is O=C(NS(=O)(=O)c1ccc(NCc2ccc(OC(F)F)cc2)c([N+](=O)[O-])c1)c1ccccc1N1CCCOc2nc3[nH]ccc3cc21. The zero-order valence-corrected chi connectivity index (χ0v) is 25.2. The first-order chi connectivity index (χ1) is 22.6. The summed E-state index contributed by atoms with van der Waals surface area (Å²) in [7, 11) is -4.57. The molecule has 0 spiro atoms. The van der Waals surface area contributed by atoms with Crippen LogP contribution >= 0.6 is 0 Å². The van der Waals surface area contributed by atoms with Crippen molar-refractivity contribution in [3.05, 3.63) is 106 Å². The number of pyridine rings is 1. The zero-order chi connectivity index (χ0) is 33.1. The van der Waals surface area contributed by atoms with Gasteiger partial charge in [-0.3, -0.25) is 14.9 Å². The normalized spacial score (nSPS) is 13.0. The van der Waals surface area contributed by atoms with Gasteiger partial charge in [0.2, 0.25) is 5.88 Å². The predicted octanol–water partition coefficient (Wildman–Crippen LogP) is 5.72. The molecule has 2 aromatic heterocycles. The Morgan fingerprint density at radius 2 is 1.87 bits per heavy atom. The van der Waals surface area contributed by atoms with Crippen molar-refractivity contribution in [1.29, 1.82) is 0 Å². The van der Waals surface area contributed by atoms with Gasteiger partial charge in [0.05, 0.1) is 27.7 Å². The minimum absolute atomic E-state index is 0.00529. The summed E-state index contributed by atoms with van der Waals surface area (Å²) in [5, 5.41) is 15.6. The number of carbonyl (C=O) groups excluding carboxylic acids is 1. The van der Waals surface area contributed by atoms with Crippen LogP contribution in [0.4, 0.5) is 31.5 Å². The van der Waals surface area contributed by atoms with Gasteiger partial charge in [-0.05, 0) is 60.5 Å². The summed E-state index contributed by atoms with van der Waals surface area (Å²) in [4.78, 5) is 33.6. The third-order valence-electron chi connectivity index (χ3n) is 7.31. The Balaban J connectivity index is 1.23. The molecule has 0 saturated carbocycles. The number of rotatable bonds is 10. The van der Waals surface area contributed by atoms with Crippen molar-refractivity contribution in [3.63, 3.8) is 0 Å². The molecule has 16 heteroatoms. The summed E-state index contributed by atoms with van der Waals surface area (Å²) >= 11 is 0. The summed E-state index contributed by atoms with van der Waals surface area (Å²) in [6.07, 6.45) is 2.34. The molecule has 1 aliphatic rings. The van der Waals surface area contributed by atoms with Crippen molar-refractivity contribution >= 4 is 49.7 Å². The molecule has 0 atom stereocenters. The summed E-state index contributed by atoms with van der Waals surface area (Å²) in [5.41, 5.74) is 1.76. The van der Waals surface area contributed by atoms with Crippen LogP contribution in [0.25, 0.3) is 11.0 Å². The minimum atomic E-state index is -4.57. The Morgan fingerprint density at radius 3 is 2.64 bits per heavy atom. The first-order valence-corrected chi connectivity index (χ1v) is 15.7. The number of H-pyrrole nitrogens is 1. The minimum Gasteiger partial charge on any atom is -0.476 e. The van der Waals surface area contributed by atoms with E-state index >= 15 is 0 Å². The van der Waals surface area contributed by atoms with E-state index in [0.717, 1.165) is 17.5 Å². The number of ether oxygens (including phenoxy) is 2. The van der Waals surface area contributed by atoms with E-state index < -0.39 is 38.0 Å². The third kappa shape index (κ3) is 6.76. The molecule has 0 aliphatic carbocycles. The molecule has 3 N–H and O–H groups in total. The number of fused-ring (bicyclic) bond motifs is 2. The molecule has 0 unspecified atom stereocenters. The van der Waals surface area contributed by atoms with Crippen LogP contribution in [0.2, 0.25) is 0 Å². The van der Waals surface area contributed by atoms with Gasteiger partial charge in [-0.15, -0.1) is 0 Å². The number of sulfonamides is 1. The second-order valence-electron chi connectivity index (χ2n) is 10.3. The van der Waals surface area contributed by atoms with Gasteiger partial charge >= 0.3 is 6.61 Å². The summed E-state index contributed by atoms with van der Waals surface area (Å²) in [6.45, 7) is -2.07. The molecule has 1 aliphatic heterocycles. The molecule has 242 valence electrons. The van der Waals surface area contributed by atoms with Crippen LogP contribution in [-0.2, 0) is 16.6 Å². The molecule has 13 nitrogen and oxygen atoms in total. The Kier molecular flexibility index (Phi) is 8.58. The first kappa shape index (κ1) is 31.2. The highest BCUT2D eigenvalue weighted by Gasteiger charge is 2.28. The molecule has 3 heterocycles.